The fourth-order valence-electron chi connectivity index (χ4n) is 2.06. The average molecular weight is 287 g/mol. The summed E-state index contributed by atoms with van der Waals surface area (Å²) in [7, 11) is 0. The van der Waals surface area contributed by atoms with E-state index in [9.17, 15) is 4.79 Å². The zero-order valence-electron chi connectivity index (χ0n) is 10.2. The highest BCUT2D eigenvalue weighted by Gasteiger charge is 2.19. The van der Waals surface area contributed by atoms with Crippen molar-refractivity contribution in [2.45, 2.75) is 25.8 Å². The summed E-state index contributed by atoms with van der Waals surface area (Å²) in [4.78, 5) is 13.8. The summed E-state index contributed by atoms with van der Waals surface area (Å²) in [6.07, 6.45) is 2.18. The summed E-state index contributed by atoms with van der Waals surface area (Å²) in [6, 6.07) is 5.33. The van der Waals surface area contributed by atoms with Crippen molar-refractivity contribution in [3.05, 3.63) is 33.8 Å². The normalized spacial score (nSPS) is 16.7. The molecule has 1 aromatic carbocycles. The molecule has 1 N–H and O–H groups in total. The Morgan fingerprint density at radius 3 is 2.56 bits per heavy atom. The maximum Gasteiger partial charge on any atom is 0.317 e. The second-order valence-corrected chi connectivity index (χ2v) is 5.35. The number of urea groups is 1. The Kier molecular flexibility index (Phi) is 4.36. The number of halogens is 2. The average Bonchev–Trinajstić information content (AvgIpc) is 2.86. The molecule has 0 bridgehead atoms. The quantitative estimate of drug-likeness (QED) is 0.880. The van der Waals surface area contributed by atoms with Crippen LogP contribution in [0.25, 0.3) is 0 Å². The maximum absolute atomic E-state index is 11.9. The Labute approximate surface area is 117 Å². The van der Waals surface area contributed by atoms with Gasteiger partial charge in [-0.2, -0.15) is 0 Å². The van der Waals surface area contributed by atoms with Gasteiger partial charge in [-0.25, -0.2) is 4.79 Å². The molecule has 1 aromatic rings. The molecule has 2 rings (SSSR count). The van der Waals surface area contributed by atoms with Crippen molar-refractivity contribution in [1.29, 1.82) is 0 Å². The second-order valence-electron chi connectivity index (χ2n) is 4.54. The third-order valence-electron chi connectivity index (χ3n) is 3.18. The van der Waals surface area contributed by atoms with Crippen molar-refractivity contribution in [3.63, 3.8) is 0 Å². The van der Waals surface area contributed by atoms with Gasteiger partial charge in [0.2, 0.25) is 0 Å². The number of benzene rings is 1. The van der Waals surface area contributed by atoms with E-state index >= 15 is 0 Å². The van der Waals surface area contributed by atoms with Crippen LogP contribution in [0.15, 0.2) is 18.2 Å². The molecular weight excluding hydrogens is 271 g/mol. The Hall–Kier alpha value is -0.930. The lowest BCUT2D eigenvalue weighted by Crippen LogP contribution is -2.39. The van der Waals surface area contributed by atoms with E-state index in [-0.39, 0.29) is 12.1 Å². The van der Waals surface area contributed by atoms with Crippen molar-refractivity contribution in [2.24, 2.45) is 0 Å². The molecule has 0 spiro atoms. The lowest BCUT2D eigenvalue weighted by Gasteiger charge is -2.21. The van der Waals surface area contributed by atoms with E-state index in [1.54, 1.807) is 12.1 Å². The van der Waals surface area contributed by atoms with Crippen molar-refractivity contribution >= 4 is 29.2 Å². The Morgan fingerprint density at radius 2 is 1.94 bits per heavy atom. The van der Waals surface area contributed by atoms with Gasteiger partial charge >= 0.3 is 6.03 Å². The monoisotopic (exact) mass is 286 g/mol. The topological polar surface area (TPSA) is 32.3 Å². The predicted octanol–water partition coefficient (Wildman–Crippen LogP) is 3.86. The summed E-state index contributed by atoms with van der Waals surface area (Å²) in [5.74, 6) is 0. The molecule has 98 valence electrons. The van der Waals surface area contributed by atoms with E-state index in [2.05, 4.69) is 5.32 Å². The molecule has 1 aliphatic heterocycles. The lowest BCUT2D eigenvalue weighted by molar-refractivity contribution is 0.205. The largest absolute Gasteiger partial charge is 0.331 e. The van der Waals surface area contributed by atoms with Crippen LogP contribution < -0.4 is 5.32 Å². The van der Waals surface area contributed by atoms with Gasteiger partial charge in [0.05, 0.1) is 16.1 Å². The summed E-state index contributed by atoms with van der Waals surface area (Å²) in [6.45, 7) is 3.63. The van der Waals surface area contributed by atoms with Crippen molar-refractivity contribution in [2.75, 3.05) is 13.1 Å². The third kappa shape index (κ3) is 3.09. The molecule has 0 aliphatic carbocycles. The van der Waals surface area contributed by atoms with Crippen LogP contribution in [0.3, 0.4) is 0 Å². The number of nitrogens with one attached hydrogen (secondary N) is 1. The highest BCUT2D eigenvalue weighted by molar-refractivity contribution is 6.42. The van der Waals surface area contributed by atoms with Crippen molar-refractivity contribution in [3.8, 4) is 0 Å². The first-order valence-electron chi connectivity index (χ1n) is 6.08. The zero-order chi connectivity index (χ0) is 13.1. The summed E-state index contributed by atoms with van der Waals surface area (Å²) in [5.41, 5.74) is 0.956. The minimum Gasteiger partial charge on any atom is -0.331 e. The number of hydrogen-bond donors (Lipinski definition) is 1. The highest BCUT2D eigenvalue weighted by atomic mass is 35.5. The molecule has 1 aliphatic rings. The fraction of sp³-hybridized carbons (Fsp3) is 0.462. The van der Waals surface area contributed by atoms with Gasteiger partial charge in [0.1, 0.15) is 0 Å². The zero-order valence-corrected chi connectivity index (χ0v) is 11.8. The van der Waals surface area contributed by atoms with Crippen LogP contribution >= 0.6 is 23.2 Å². The Bertz CT molecular complexity index is 445. The molecule has 0 saturated carbocycles. The standard InChI is InChI=1S/C13H16Cl2N2O/c1-9(10-4-5-11(14)12(15)8-10)16-13(18)17-6-2-3-7-17/h4-5,8-9H,2-3,6-7H2,1H3,(H,16,18). The smallest absolute Gasteiger partial charge is 0.317 e. The Morgan fingerprint density at radius 1 is 1.28 bits per heavy atom. The molecule has 1 saturated heterocycles. The summed E-state index contributed by atoms with van der Waals surface area (Å²) < 4.78 is 0. The third-order valence-corrected chi connectivity index (χ3v) is 3.92. The summed E-state index contributed by atoms with van der Waals surface area (Å²) >= 11 is 11.8. The van der Waals surface area contributed by atoms with Crippen LogP contribution in [0.5, 0.6) is 0 Å². The molecule has 1 atom stereocenters. The number of carbonyl (C=O) groups excluding carboxylic acids is 1. The molecule has 5 heteroatoms. The molecule has 2 amide bonds. The number of likely N-dealkylation sites (tertiary alicyclic amines) is 1. The molecule has 18 heavy (non-hydrogen) atoms. The fourth-order valence-corrected chi connectivity index (χ4v) is 2.37. The van der Waals surface area contributed by atoms with Gasteiger partial charge in [-0.05, 0) is 37.5 Å². The molecule has 1 fully saturated rings. The first kappa shape index (κ1) is 13.5. The minimum absolute atomic E-state index is 0.00827. The molecule has 0 aromatic heterocycles. The SMILES string of the molecule is CC(NC(=O)N1CCCC1)c1ccc(Cl)c(Cl)c1. The van der Waals surface area contributed by atoms with E-state index in [1.165, 1.54) is 0 Å². The van der Waals surface area contributed by atoms with Crippen LogP contribution in [0.1, 0.15) is 31.4 Å². The molecule has 1 heterocycles. The number of nitrogens with zero attached hydrogens (tertiary/aromatic N) is 1. The molecule has 3 nitrogen and oxygen atoms in total. The van der Waals surface area contributed by atoms with Crippen LogP contribution in [0, 0.1) is 0 Å². The van der Waals surface area contributed by atoms with Gasteiger partial charge in [-0.3, -0.25) is 0 Å². The van der Waals surface area contributed by atoms with Crippen LogP contribution in [0.2, 0.25) is 10.0 Å². The van der Waals surface area contributed by atoms with Gasteiger partial charge < -0.3 is 10.2 Å². The van der Waals surface area contributed by atoms with E-state index in [0.717, 1.165) is 31.5 Å². The van der Waals surface area contributed by atoms with E-state index < -0.39 is 0 Å². The van der Waals surface area contributed by atoms with Crippen LogP contribution in [-0.2, 0) is 0 Å². The Balaban J connectivity index is 2.00. The van der Waals surface area contributed by atoms with Crippen molar-refractivity contribution in [1.82, 2.24) is 10.2 Å². The first-order chi connectivity index (χ1) is 8.58. The van der Waals surface area contributed by atoms with E-state index in [1.807, 2.05) is 17.9 Å². The minimum atomic E-state index is -0.0760. The first-order valence-corrected chi connectivity index (χ1v) is 6.84. The molecule has 1 unspecified atom stereocenters. The van der Waals surface area contributed by atoms with Gasteiger partial charge in [0.25, 0.3) is 0 Å². The van der Waals surface area contributed by atoms with Crippen LogP contribution in [-0.4, -0.2) is 24.0 Å². The number of hydrogen-bond acceptors (Lipinski definition) is 1. The number of carbonyl (C=O) groups is 1. The second kappa shape index (κ2) is 5.81. The van der Waals surface area contributed by atoms with Gasteiger partial charge in [0, 0.05) is 13.1 Å². The van der Waals surface area contributed by atoms with Gasteiger partial charge in [-0.15, -0.1) is 0 Å². The van der Waals surface area contributed by atoms with Gasteiger partial charge in [-0.1, -0.05) is 29.3 Å². The highest BCUT2D eigenvalue weighted by Crippen LogP contribution is 2.25. The van der Waals surface area contributed by atoms with Crippen molar-refractivity contribution < 1.29 is 4.79 Å². The lowest BCUT2D eigenvalue weighted by atomic mass is 10.1. The predicted molar refractivity (Wildman–Crippen MR) is 74.2 cm³/mol. The molecular formula is C13H16Cl2N2O. The maximum atomic E-state index is 11.9. The molecule has 0 radical (unpaired) electrons. The van der Waals surface area contributed by atoms with Gasteiger partial charge in [0.15, 0.2) is 0 Å². The van der Waals surface area contributed by atoms with Crippen LogP contribution in [0.4, 0.5) is 4.79 Å². The number of rotatable bonds is 2. The van der Waals surface area contributed by atoms with E-state index in [0.29, 0.717) is 10.0 Å². The number of amides is 2. The van der Waals surface area contributed by atoms with E-state index in [4.69, 9.17) is 23.2 Å². The summed E-state index contributed by atoms with van der Waals surface area (Å²) in [5, 5.41) is 4.01.